The number of aromatic hydroxyl groups is 2. The van der Waals surface area contributed by atoms with E-state index in [1.807, 2.05) is 6.92 Å². The Morgan fingerprint density at radius 1 is 1.31 bits per heavy atom. The summed E-state index contributed by atoms with van der Waals surface area (Å²) in [6.45, 7) is 3.59. The number of hydrogen-bond donors (Lipinski definition) is 3. The molecule has 1 unspecified atom stereocenters. The number of phenols is 2. The summed E-state index contributed by atoms with van der Waals surface area (Å²) in [5.74, 6) is -0.241. The summed E-state index contributed by atoms with van der Waals surface area (Å²) in [5.41, 5.74) is 1.45. The number of benzene rings is 1. The molecule has 0 heterocycles. The fourth-order valence-electron chi connectivity index (χ4n) is 1.18. The van der Waals surface area contributed by atoms with Crippen LogP contribution in [0.5, 0.6) is 11.5 Å². The third-order valence-electron chi connectivity index (χ3n) is 2.15. The van der Waals surface area contributed by atoms with Gasteiger partial charge < -0.3 is 15.3 Å². The molecule has 1 aromatic rings. The van der Waals surface area contributed by atoms with Gasteiger partial charge in [-0.05, 0) is 24.1 Å². The highest BCUT2D eigenvalue weighted by atomic mass is 16.3. The normalized spacial score (nSPS) is 12.8. The first-order valence-electron chi connectivity index (χ1n) is 4.19. The summed E-state index contributed by atoms with van der Waals surface area (Å²) < 4.78 is 0. The fraction of sp³-hybridized carbons (Fsp3) is 0.400. The van der Waals surface area contributed by atoms with Gasteiger partial charge in [-0.3, -0.25) is 0 Å². The molecule has 0 spiro atoms. The summed E-state index contributed by atoms with van der Waals surface area (Å²) in [7, 11) is 0. The zero-order chi connectivity index (χ0) is 10.0. The first-order valence-corrected chi connectivity index (χ1v) is 4.19. The molecule has 0 amide bonds. The lowest BCUT2D eigenvalue weighted by Gasteiger charge is -2.11. The van der Waals surface area contributed by atoms with Gasteiger partial charge in [0.15, 0.2) is 11.5 Å². The average Bonchev–Trinajstić information content (AvgIpc) is 2.12. The van der Waals surface area contributed by atoms with Crippen LogP contribution in [-0.4, -0.2) is 21.9 Å². The standard InChI is InChI=1S/C10H14O3/c1-6-3-8(7(2)5-11)4-9(12)10(6)13/h3-4,7,11-13H,5H2,1-2H3. The zero-order valence-corrected chi connectivity index (χ0v) is 7.78. The van der Waals surface area contributed by atoms with Crippen molar-refractivity contribution in [2.24, 2.45) is 0 Å². The molecule has 0 aliphatic carbocycles. The fourth-order valence-corrected chi connectivity index (χ4v) is 1.18. The molecule has 1 aromatic carbocycles. The summed E-state index contributed by atoms with van der Waals surface area (Å²) in [5, 5.41) is 27.5. The van der Waals surface area contributed by atoms with Gasteiger partial charge in [-0.25, -0.2) is 0 Å². The van der Waals surface area contributed by atoms with Crippen LogP contribution in [0.4, 0.5) is 0 Å². The lowest BCUT2D eigenvalue weighted by atomic mass is 9.99. The third kappa shape index (κ3) is 1.92. The molecule has 0 bridgehead atoms. The minimum absolute atomic E-state index is 0.0230. The van der Waals surface area contributed by atoms with Crippen molar-refractivity contribution in [2.75, 3.05) is 6.61 Å². The van der Waals surface area contributed by atoms with Crippen molar-refractivity contribution in [3.8, 4) is 11.5 Å². The van der Waals surface area contributed by atoms with Crippen molar-refractivity contribution >= 4 is 0 Å². The Balaban J connectivity index is 3.13. The minimum Gasteiger partial charge on any atom is -0.504 e. The topological polar surface area (TPSA) is 60.7 Å². The average molecular weight is 182 g/mol. The van der Waals surface area contributed by atoms with Crippen molar-refractivity contribution in [3.63, 3.8) is 0 Å². The van der Waals surface area contributed by atoms with Gasteiger partial charge in [-0.2, -0.15) is 0 Å². The lowest BCUT2D eigenvalue weighted by Crippen LogP contribution is -1.99. The molecule has 0 aromatic heterocycles. The van der Waals surface area contributed by atoms with E-state index in [0.717, 1.165) is 5.56 Å². The molecule has 3 nitrogen and oxygen atoms in total. The Morgan fingerprint density at radius 2 is 1.92 bits per heavy atom. The van der Waals surface area contributed by atoms with Crippen LogP contribution in [-0.2, 0) is 0 Å². The molecule has 3 N–H and O–H groups in total. The monoisotopic (exact) mass is 182 g/mol. The van der Waals surface area contributed by atoms with Gasteiger partial charge in [0.25, 0.3) is 0 Å². The van der Waals surface area contributed by atoms with Crippen LogP contribution in [0.2, 0.25) is 0 Å². The van der Waals surface area contributed by atoms with Gasteiger partial charge in [0, 0.05) is 12.5 Å². The predicted octanol–water partition coefficient (Wildman–Crippen LogP) is 1.50. The number of aliphatic hydroxyl groups excluding tert-OH is 1. The van der Waals surface area contributed by atoms with Gasteiger partial charge in [0.2, 0.25) is 0 Å². The van der Waals surface area contributed by atoms with Crippen molar-refractivity contribution in [2.45, 2.75) is 19.8 Å². The molecular weight excluding hydrogens is 168 g/mol. The Kier molecular flexibility index (Phi) is 2.78. The maximum Gasteiger partial charge on any atom is 0.160 e. The molecular formula is C10H14O3. The molecule has 0 saturated carbocycles. The van der Waals surface area contributed by atoms with E-state index >= 15 is 0 Å². The number of hydrogen-bond acceptors (Lipinski definition) is 3. The molecule has 0 saturated heterocycles. The van der Waals surface area contributed by atoms with E-state index in [1.165, 1.54) is 6.07 Å². The zero-order valence-electron chi connectivity index (χ0n) is 7.78. The van der Waals surface area contributed by atoms with Gasteiger partial charge in [0.1, 0.15) is 0 Å². The van der Waals surface area contributed by atoms with Crippen molar-refractivity contribution < 1.29 is 15.3 Å². The largest absolute Gasteiger partial charge is 0.504 e. The molecule has 0 radical (unpaired) electrons. The van der Waals surface area contributed by atoms with Gasteiger partial charge >= 0.3 is 0 Å². The van der Waals surface area contributed by atoms with Crippen LogP contribution in [0, 0.1) is 6.92 Å². The minimum atomic E-state index is -0.129. The van der Waals surface area contributed by atoms with E-state index in [9.17, 15) is 10.2 Å². The Bertz CT molecular complexity index is 284. The van der Waals surface area contributed by atoms with Crippen LogP contribution in [0.1, 0.15) is 24.0 Å². The van der Waals surface area contributed by atoms with Crippen LogP contribution in [0.25, 0.3) is 0 Å². The second-order valence-electron chi connectivity index (χ2n) is 3.29. The second kappa shape index (κ2) is 3.66. The summed E-state index contributed by atoms with van der Waals surface area (Å²) >= 11 is 0. The first-order chi connectivity index (χ1) is 6.06. The molecule has 72 valence electrons. The van der Waals surface area contributed by atoms with Crippen LogP contribution >= 0.6 is 0 Å². The SMILES string of the molecule is Cc1cc(C(C)CO)cc(O)c1O. The molecule has 0 aliphatic rings. The van der Waals surface area contributed by atoms with E-state index in [2.05, 4.69) is 0 Å². The number of aliphatic hydroxyl groups is 1. The lowest BCUT2D eigenvalue weighted by molar-refractivity contribution is 0.272. The Labute approximate surface area is 77.3 Å². The highest BCUT2D eigenvalue weighted by molar-refractivity contribution is 5.47. The van der Waals surface area contributed by atoms with Crippen molar-refractivity contribution in [1.29, 1.82) is 0 Å². The summed E-state index contributed by atoms with van der Waals surface area (Å²) in [6, 6.07) is 3.24. The maximum absolute atomic E-state index is 9.29. The van der Waals surface area contributed by atoms with Crippen LogP contribution < -0.4 is 0 Å². The molecule has 0 fully saturated rings. The molecule has 0 aliphatic heterocycles. The van der Waals surface area contributed by atoms with E-state index in [4.69, 9.17) is 5.11 Å². The van der Waals surface area contributed by atoms with Gasteiger partial charge in [0.05, 0.1) is 0 Å². The van der Waals surface area contributed by atoms with Crippen molar-refractivity contribution in [3.05, 3.63) is 23.3 Å². The Hall–Kier alpha value is -1.22. The molecule has 1 rings (SSSR count). The van der Waals surface area contributed by atoms with Crippen LogP contribution in [0.15, 0.2) is 12.1 Å². The summed E-state index contributed by atoms with van der Waals surface area (Å²) in [6.07, 6.45) is 0. The van der Waals surface area contributed by atoms with E-state index in [0.29, 0.717) is 5.56 Å². The van der Waals surface area contributed by atoms with E-state index in [1.54, 1.807) is 13.0 Å². The number of phenolic OH excluding ortho intramolecular Hbond substituents is 2. The van der Waals surface area contributed by atoms with Crippen molar-refractivity contribution in [1.82, 2.24) is 0 Å². The molecule has 13 heavy (non-hydrogen) atoms. The number of rotatable bonds is 2. The molecule has 3 heteroatoms. The van der Waals surface area contributed by atoms with E-state index < -0.39 is 0 Å². The highest BCUT2D eigenvalue weighted by Gasteiger charge is 2.09. The number of aryl methyl sites for hydroxylation is 1. The highest BCUT2D eigenvalue weighted by Crippen LogP contribution is 2.32. The molecule has 1 atom stereocenters. The van der Waals surface area contributed by atoms with Gasteiger partial charge in [-0.15, -0.1) is 0 Å². The summed E-state index contributed by atoms with van der Waals surface area (Å²) in [4.78, 5) is 0. The first kappa shape index (κ1) is 9.86. The van der Waals surface area contributed by atoms with Crippen LogP contribution in [0.3, 0.4) is 0 Å². The predicted molar refractivity (Wildman–Crippen MR) is 50.0 cm³/mol. The van der Waals surface area contributed by atoms with Gasteiger partial charge in [-0.1, -0.05) is 13.0 Å². The second-order valence-corrected chi connectivity index (χ2v) is 3.29. The third-order valence-corrected chi connectivity index (χ3v) is 2.15. The maximum atomic E-state index is 9.29. The quantitative estimate of drug-likeness (QED) is 0.607. The smallest absolute Gasteiger partial charge is 0.160 e. The Morgan fingerprint density at radius 3 is 2.38 bits per heavy atom. The van der Waals surface area contributed by atoms with E-state index in [-0.39, 0.29) is 24.0 Å².